The third-order valence-corrected chi connectivity index (χ3v) is 2.22. The lowest BCUT2D eigenvalue weighted by molar-refractivity contribution is 0.578. The van der Waals surface area contributed by atoms with Gasteiger partial charge in [0.2, 0.25) is 0 Å². The molecule has 0 amide bonds. The van der Waals surface area contributed by atoms with E-state index in [2.05, 4.69) is 39.5 Å². The van der Waals surface area contributed by atoms with Crippen molar-refractivity contribution in [3.63, 3.8) is 0 Å². The molecule has 0 aliphatic carbocycles. The fourth-order valence-electron chi connectivity index (χ4n) is 1.06. The SMILES string of the molecule is CCCC(C)C#CCC(C)CC. The minimum Gasteiger partial charge on any atom is -0.103 e. The van der Waals surface area contributed by atoms with Gasteiger partial charge in [-0.25, -0.2) is 0 Å². The highest BCUT2D eigenvalue weighted by atomic mass is 14.0. The lowest BCUT2D eigenvalue weighted by Gasteiger charge is -2.02. The molecule has 0 aromatic rings. The summed E-state index contributed by atoms with van der Waals surface area (Å²) < 4.78 is 0. The van der Waals surface area contributed by atoms with Crippen LogP contribution in [-0.2, 0) is 0 Å². The molecule has 2 unspecified atom stereocenters. The van der Waals surface area contributed by atoms with E-state index in [0.717, 1.165) is 12.3 Å². The first-order valence-electron chi connectivity index (χ1n) is 5.19. The van der Waals surface area contributed by atoms with Crippen molar-refractivity contribution in [1.82, 2.24) is 0 Å². The van der Waals surface area contributed by atoms with Crippen molar-refractivity contribution in [3.8, 4) is 11.8 Å². The first-order chi connectivity index (χ1) is 5.70. The Morgan fingerprint density at radius 2 is 1.83 bits per heavy atom. The lowest BCUT2D eigenvalue weighted by atomic mass is 10.0. The maximum Gasteiger partial charge on any atom is 0.0174 e. The zero-order valence-corrected chi connectivity index (χ0v) is 8.98. The Hall–Kier alpha value is -0.440. The van der Waals surface area contributed by atoms with E-state index in [1.807, 2.05) is 0 Å². The van der Waals surface area contributed by atoms with E-state index < -0.39 is 0 Å². The first kappa shape index (κ1) is 11.6. The molecular formula is C12H22. The summed E-state index contributed by atoms with van der Waals surface area (Å²) in [5.41, 5.74) is 0. The number of hydrogen-bond acceptors (Lipinski definition) is 0. The highest BCUT2D eigenvalue weighted by Crippen LogP contribution is 2.06. The molecule has 0 fully saturated rings. The van der Waals surface area contributed by atoms with Gasteiger partial charge >= 0.3 is 0 Å². The van der Waals surface area contributed by atoms with E-state index >= 15 is 0 Å². The molecule has 0 nitrogen and oxygen atoms in total. The number of hydrogen-bond donors (Lipinski definition) is 0. The second-order valence-corrected chi connectivity index (χ2v) is 3.73. The molecule has 0 aromatic carbocycles. The van der Waals surface area contributed by atoms with E-state index in [9.17, 15) is 0 Å². The smallest absolute Gasteiger partial charge is 0.0174 e. The van der Waals surface area contributed by atoms with Crippen LogP contribution in [0.4, 0.5) is 0 Å². The van der Waals surface area contributed by atoms with Crippen LogP contribution in [-0.4, -0.2) is 0 Å². The molecule has 0 aliphatic heterocycles. The maximum atomic E-state index is 3.30. The highest BCUT2D eigenvalue weighted by molar-refractivity contribution is 5.02. The van der Waals surface area contributed by atoms with Gasteiger partial charge in [-0.15, -0.1) is 11.8 Å². The molecule has 2 atom stereocenters. The largest absolute Gasteiger partial charge is 0.103 e. The number of rotatable bonds is 4. The third kappa shape index (κ3) is 6.28. The third-order valence-electron chi connectivity index (χ3n) is 2.22. The standard InChI is InChI=1S/C12H22/c1-5-8-12(4)10-7-9-11(3)6-2/h11-12H,5-6,8-9H2,1-4H3. The van der Waals surface area contributed by atoms with Gasteiger partial charge in [0.1, 0.15) is 0 Å². The van der Waals surface area contributed by atoms with Crippen molar-refractivity contribution >= 4 is 0 Å². The average molecular weight is 166 g/mol. The fourth-order valence-corrected chi connectivity index (χ4v) is 1.06. The molecular weight excluding hydrogens is 144 g/mol. The van der Waals surface area contributed by atoms with Gasteiger partial charge in [0.05, 0.1) is 0 Å². The first-order valence-corrected chi connectivity index (χ1v) is 5.19. The van der Waals surface area contributed by atoms with Crippen LogP contribution in [0.15, 0.2) is 0 Å². The van der Waals surface area contributed by atoms with Crippen molar-refractivity contribution in [1.29, 1.82) is 0 Å². The molecule has 0 rings (SSSR count). The topological polar surface area (TPSA) is 0 Å². The van der Waals surface area contributed by atoms with Crippen LogP contribution in [0.1, 0.15) is 53.4 Å². The molecule has 0 radical (unpaired) electrons. The molecule has 0 aromatic heterocycles. The monoisotopic (exact) mass is 166 g/mol. The second-order valence-electron chi connectivity index (χ2n) is 3.73. The van der Waals surface area contributed by atoms with Crippen LogP contribution < -0.4 is 0 Å². The van der Waals surface area contributed by atoms with E-state index in [-0.39, 0.29) is 0 Å². The Labute approximate surface area is 77.8 Å². The molecule has 12 heavy (non-hydrogen) atoms. The molecule has 0 aliphatic rings. The predicted octanol–water partition coefficient (Wildman–Crippen LogP) is 3.86. The van der Waals surface area contributed by atoms with Crippen molar-refractivity contribution in [3.05, 3.63) is 0 Å². The van der Waals surface area contributed by atoms with Crippen LogP contribution in [0.5, 0.6) is 0 Å². The summed E-state index contributed by atoms with van der Waals surface area (Å²) in [6.07, 6.45) is 4.81. The lowest BCUT2D eigenvalue weighted by Crippen LogP contribution is -1.91. The molecule has 70 valence electrons. The van der Waals surface area contributed by atoms with Crippen LogP contribution in [0.2, 0.25) is 0 Å². The second kappa shape index (κ2) is 7.22. The molecule has 0 N–H and O–H groups in total. The minimum atomic E-state index is 0.596. The minimum absolute atomic E-state index is 0.596. The molecule has 0 spiro atoms. The average Bonchev–Trinajstić information content (AvgIpc) is 2.04. The summed E-state index contributed by atoms with van der Waals surface area (Å²) in [5.74, 6) is 7.94. The van der Waals surface area contributed by atoms with E-state index in [1.54, 1.807) is 0 Å². The Morgan fingerprint density at radius 3 is 2.33 bits per heavy atom. The summed E-state index contributed by atoms with van der Waals surface area (Å²) >= 11 is 0. The van der Waals surface area contributed by atoms with Gasteiger partial charge in [0.25, 0.3) is 0 Å². The van der Waals surface area contributed by atoms with Crippen molar-refractivity contribution < 1.29 is 0 Å². The quantitative estimate of drug-likeness (QED) is 0.556. The molecule has 0 saturated heterocycles. The summed E-state index contributed by atoms with van der Waals surface area (Å²) in [7, 11) is 0. The zero-order chi connectivity index (χ0) is 9.40. The molecule has 0 saturated carbocycles. The van der Waals surface area contributed by atoms with Crippen LogP contribution in [0, 0.1) is 23.7 Å². The van der Waals surface area contributed by atoms with Gasteiger partial charge in [-0.1, -0.05) is 40.5 Å². The van der Waals surface area contributed by atoms with E-state index in [4.69, 9.17) is 0 Å². The maximum absolute atomic E-state index is 3.30. The van der Waals surface area contributed by atoms with Gasteiger partial charge in [0.15, 0.2) is 0 Å². The Balaban J connectivity index is 3.57. The fraction of sp³-hybridized carbons (Fsp3) is 0.833. The Kier molecular flexibility index (Phi) is 6.96. The Morgan fingerprint density at radius 1 is 1.17 bits per heavy atom. The summed E-state index contributed by atoms with van der Waals surface area (Å²) in [4.78, 5) is 0. The highest BCUT2D eigenvalue weighted by Gasteiger charge is 1.95. The van der Waals surface area contributed by atoms with Gasteiger partial charge in [-0.05, 0) is 12.3 Å². The van der Waals surface area contributed by atoms with Crippen molar-refractivity contribution in [2.45, 2.75) is 53.4 Å². The zero-order valence-electron chi connectivity index (χ0n) is 8.98. The van der Waals surface area contributed by atoms with Gasteiger partial charge in [-0.2, -0.15) is 0 Å². The van der Waals surface area contributed by atoms with Gasteiger partial charge < -0.3 is 0 Å². The van der Waals surface area contributed by atoms with Crippen LogP contribution in [0.3, 0.4) is 0 Å². The van der Waals surface area contributed by atoms with Crippen LogP contribution in [0.25, 0.3) is 0 Å². The van der Waals surface area contributed by atoms with E-state index in [1.165, 1.54) is 19.3 Å². The van der Waals surface area contributed by atoms with Gasteiger partial charge in [-0.3, -0.25) is 0 Å². The summed E-state index contributed by atoms with van der Waals surface area (Å²) in [5, 5.41) is 0. The van der Waals surface area contributed by atoms with E-state index in [0.29, 0.717) is 5.92 Å². The molecule has 0 heterocycles. The normalized spacial score (nSPS) is 14.7. The van der Waals surface area contributed by atoms with Gasteiger partial charge in [0, 0.05) is 12.3 Å². The van der Waals surface area contributed by atoms with Crippen LogP contribution >= 0.6 is 0 Å². The predicted molar refractivity (Wildman–Crippen MR) is 55.9 cm³/mol. The molecule has 0 heteroatoms. The molecule has 0 bridgehead atoms. The summed E-state index contributed by atoms with van der Waals surface area (Å²) in [6.45, 7) is 8.92. The van der Waals surface area contributed by atoms with Crippen molar-refractivity contribution in [2.75, 3.05) is 0 Å². The summed E-state index contributed by atoms with van der Waals surface area (Å²) in [6, 6.07) is 0. The Bertz CT molecular complexity index is 147. The van der Waals surface area contributed by atoms with Crippen molar-refractivity contribution in [2.24, 2.45) is 11.8 Å².